The van der Waals surface area contributed by atoms with Crippen molar-refractivity contribution in [3.05, 3.63) is 58.4 Å². The summed E-state index contributed by atoms with van der Waals surface area (Å²) in [6.45, 7) is 3.57. The molecule has 188 valence electrons. The SMILES string of the molecule is Cc1ccc(OCC(=O)NC23CCC(NC(=O)COc4ccc(Cl)c(F)c4)(CC2)C[C@@H]3O)cc1C. The molecule has 0 spiro atoms. The molecule has 0 aromatic heterocycles. The summed E-state index contributed by atoms with van der Waals surface area (Å²) in [4.78, 5) is 25.1. The molecule has 3 N–H and O–H groups in total. The van der Waals surface area contributed by atoms with Crippen LogP contribution in [0.2, 0.25) is 5.02 Å². The van der Waals surface area contributed by atoms with Gasteiger partial charge in [-0.15, -0.1) is 0 Å². The van der Waals surface area contributed by atoms with Crippen molar-refractivity contribution in [1.82, 2.24) is 10.6 Å². The molecule has 3 aliphatic rings. The van der Waals surface area contributed by atoms with Crippen molar-refractivity contribution in [3.63, 3.8) is 0 Å². The van der Waals surface area contributed by atoms with Crippen molar-refractivity contribution in [3.8, 4) is 11.5 Å². The van der Waals surface area contributed by atoms with E-state index in [1.807, 2.05) is 32.0 Å². The third-order valence-corrected chi connectivity index (χ3v) is 7.53. The summed E-state index contributed by atoms with van der Waals surface area (Å²) in [7, 11) is 0. The lowest BCUT2D eigenvalue weighted by Crippen LogP contribution is -2.70. The molecule has 9 heteroatoms. The fourth-order valence-corrected chi connectivity index (χ4v) is 5.09. The molecule has 2 aromatic carbocycles. The summed E-state index contributed by atoms with van der Waals surface area (Å²) in [6, 6.07) is 9.64. The molecule has 2 aromatic rings. The minimum atomic E-state index is -0.804. The number of carbonyl (C=O) groups excluding carboxylic acids is 2. The minimum Gasteiger partial charge on any atom is -0.484 e. The van der Waals surface area contributed by atoms with E-state index >= 15 is 0 Å². The Labute approximate surface area is 208 Å². The number of aliphatic hydroxyl groups is 1. The first-order valence-corrected chi connectivity index (χ1v) is 12.1. The molecule has 3 saturated carbocycles. The van der Waals surface area contributed by atoms with Crippen molar-refractivity contribution in [1.29, 1.82) is 0 Å². The Morgan fingerprint density at radius 2 is 1.57 bits per heavy atom. The molecular weight excluding hydrogens is 475 g/mol. The van der Waals surface area contributed by atoms with Gasteiger partial charge in [-0.2, -0.15) is 0 Å². The van der Waals surface area contributed by atoms with Gasteiger partial charge in [0, 0.05) is 11.6 Å². The normalized spacial score (nSPS) is 25.1. The molecular formula is C26H30ClFN2O5. The van der Waals surface area contributed by atoms with Crippen LogP contribution in [0.5, 0.6) is 11.5 Å². The van der Waals surface area contributed by atoms with E-state index in [0.717, 1.165) is 17.2 Å². The van der Waals surface area contributed by atoms with Crippen molar-refractivity contribution in [2.45, 2.75) is 63.1 Å². The van der Waals surface area contributed by atoms with Gasteiger partial charge in [0.15, 0.2) is 13.2 Å². The lowest BCUT2D eigenvalue weighted by molar-refractivity contribution is -0.137. The largest absolute Gasteiger partial charge is 0.484 e. The summed E-state index contributed by atoms with van der Waals surface area (Å²) in [5.41, 5.74) is 0.941. The van der Waals surface area contributed by atoms with E-state index in [4.69, 9.17) is 21.1 Å². The topological polar surface area (TPSA) is 96.9 Å². The molecule has 0 aliphatic heterocycles. The number of rotatable bonds is 8. The van der Waals surface area contributed by atoms with Crippen LogP contribution in [0.25, 0.3) is 0 Å². The maximum atomic E-state index is 13.6. The zero-order chi connectivity index (χ0) is 25.2. The van der Waals surface area contributed by atoms with Crippen LogP contribution in [0, 0.1) is 19.7 Å². The number of benzene rings is 2. The van der Waals surface area contributed by atoms with Crippen molar-refractivity contribution < 1.29 is 28.6 Å². The first-order valence-electron chi connectivity index (χ1n) is 11.7. The van der Waals surface area contributed by atoms with Crippen molar-refractivity contribution in [2.24, 2.45) is 0 Å². The van der Waals surface area contributed by atoms with E-state index in [2.05, 4.69) is 10.6 Å². The summed E-state index contributed by atoms with van der Waals surface area (Å²) in [5, 5.41) is 16.9. The van der Waals surface area contributed by atoms with E-state index in [9.17, 15) is 19.1 Å². The molecule has 0 saturated heterocycles. The lowest BCUT2D eigenvalue weighted by Gasteiger charge is -2.56. The number of aliphatic hydroxyl groups excluding tert-OH is 1. The maximum Gasteiger partial charge on any atom is 0.258 e. The molecule has 3 fully saturated rings. The Kier molecular flexibility index (Phi) is 7.24. The Morgan fingerprint density at radius 1 is 0.971 bits per heavy atom. The Hall–Kier alpha value is -2.84. The average Bonchev–Trinajstić information content (AvgIpc) is 2.82. The second-order valence-electron chi connectivity index (χ2n) is 9.65. The highest BCUT2D eigenvalue weighted by Gasteiger charge is 2.55. The van der Waals surface area contributed by atoms with Crippen LogP contribution in [0.15, 0.2) is 36.4 Å². The second kappa shape index (κ2) is 10.0. The zero-order valence-corrected chi connectivity index (χ0v) is 20.6. The fourth-order valence-electron chi connectivity index (χ4n) is 4.98. The van der Waals surface area contributed by atoms with Gasteiger partial charge in [0.05, 0.1) is 16.7 Å². The fraction of sp³-hybridized carbons (Fsp3) is 0.462. The number of halogens is 2. The van der Waals surface area contributed by atoms with Crippen molar-refractivity contribution in [2.75, 3.05) is 13.2 Å². The molecule has 2 bridgehead atoms. The van der Waals surface area contributed by atoms with Crippen LogP contribution >= 0.6 is 11.6 Å². The highest BCUT2D eigenvalue weighted by molar-refractivity contribution is 6.30. The summed E-state index contributed by atoms with van der Waals surface area (Å²) in [6.07, 6.45) is 1.82. The van der Waals surface area contributed by atoms with Crippen LogP contribution in [0.1, 0.15) is 43.2 Å². The number of hydrogen-bond donors (Lipinski definition) is 3. The molecule has 3 aliphatic carbocycles. The Morgan fingerprint density at radius 3 is 2.17 bits per heavy atom. The van der Waals surface area contributed by atoms with E-state index in [0.29, 0.717) is 37.9 Å². The van der Waals surface area contributed by atoms with Crippen molar-refractivity contribution >= 4 is 23.4 Å². The Balaban J connectivity index is 1.28. The standard InChI is InChI=1S/C26H30ClFN2O5/c1-16-3-4-18(11-17(16)2)34-15-24(33)30-26-9-7-25(8-10-26,13-22(26)31)29-23(32)14-35-19-5-6-20(27)21(28)12-19/h3-6,11-12,22,31H,7-10,13-15H2,1-2H3,(H,29,32)(H,30,33)/t22-,25?,26?/m0/s1. The molecule has 0 unspecified atom stereocenters. The molecule has 5 rings (SSSR count). The monoisotopic (exact) mass is 504 g/mol. The molecule has 0 heterocycles. The predicted octanol–water partition coefficient (Wildman–Crippen LogP) is 3.60. The van der Waals surface area contributed by atoms with Crippen LogP contribution in [0.3, 0.4) is 0 Å². The third-order valence-electron chi connectivity index (χ3n) is 7.22. The first-order chi connectivity index (χ1) is 16.6. The van der Waals surface area contributed by atoms with Gasteiger partial charge in [-0.3, -0.25) is 9.59 Å². The molecule has 7 nitrogen and oxygen atoms in total. The number of amides is 2. The number of aryl methyl sites for hydroxylation is 2. The van der Waals surface area contributed by atoms with Crippen LogP contribution < -0.4 is 20.1 Å². The smallest absolute Gasteiger partial charge is 0.258 e. The van der Waals surface area contributed by atoms with Gasteiger partial charge in [-0.05, 0) is 81.3 Å². The number of fused-ring (bicyclic) bond motifs is 3. The minimum absolute atomic E-state index is 0.0218. The molecule has 2 amide bonds. The average molecular weight is 505 g/mol. The maximum absolute atomic E-state index is 13.6. The van der Waals surface area contributed by atoms with Gasteiger partial charge < -0.3 is 25.2 Å². The quantitative estimate of drug-likeness (QED) is 0.510. The highest BCUT2D eigenvalue weighted by atomic mass is 35.5. The van der Waals surface area contributed by atoms with E-state index < -0.39 is 23.0 Å². The van der Waals surface area contributed by atoms with Gasteiger partial charge in [0.2, 0.25) is 0 Å². The third kappa shape index (κ3) is 5.70. The lowest BCUT2D eigenvalue weighted by atomic mass is 9.60. The van der Waals surface area contributed by atoms with Gasteiger partial charge in [-0.25, -0.2) is 4.39 Å². The molecule has 0 radical (unpaired) electrons. The predicted molar refractivity (Wildman–Crippen MR) is 129 cm³/mol. The summed E-state index contributed by atoms with van der Waals surface area (Å²) in [5.74, 6) is -0.434. The van der Waals surface area contributed by atoms with E-state index in [1.54, 1.807) is 0 Å². The molecule has 1 atom stereocenters. The number of ether oxygens (including phenoxy) is 2. The first kappa shape index (κ1) is 25.3. The van der Waals surface area contributed by atoms with Gasteiger partial charge in [0.1, 0.15) is 17.3 Å². The second-order valence-corrected chi connectivity index (χ2v) is 10.1. The van der Waals surface area contributed by atoms with E-state index in [1.165, 1.54) is 12.1 Å². The molecule has 35 heavy (non-hydrogen) atoms. The van der Waals surface area contributed by atoms with Crippen LogP contribution in [-0.2, 0) is 9.59 Å². The zero-order valence-electron chi connectivity index (χ0n) is 19.8. The Bertz CT molecular complexity index is 1120. The van der Waals surface area contributed by atoms with Gasteiger partial charge in [0.25, 0.3) is 11.8 Å². The number of hydrogen-bond acceptors (Lipinski definition) is 5. The van der Waals surface area contributed by atoms with Crippen LogP contribution in [-0.4, -0.2) is 47.3 Å². The summed E-state index contributed by atoms with van der Waals surface area (Å²) < 4.78 is 24.6. The van der Waals surface area contributed by atoms with Gasteiger partial charge in [-0.1, -0.05) is 17.7 Å². The van der Waals surface area contributed by atoms with E-state index in [-0.39, 0.29) is 35.8 Å². The highest BCUT2D eigenvalue weighted by Crippen LogP contribution is 2.47. The van der Waals surface area contributed by atoms with Crippen LogP contribution in [0.4, 0.5) is 4.39 Å². The number of nitrogens with one attached hydrogen (secondary N) is 2. The number of carbonyl (C=O) groups is 2. The van der Waals surface area contributed by atoms with Gasteiger partial charge >= 0.3 is 0 Å². The summed E-state index contributed by atoms with van der Waals surface area (Å²) >= 11 is 5.66.